The average Bonchev–Trinajstić information content (AvgIpc) is 2.52. The monoisotopic (exact) mass is 318 g/mol. The highest BCUT2D eigenvalue weighted by Crippen LogP contribution is 2.25. The molecular formula is C17H20F2N4. The summed E-state index contributed by atoms with van der Waals surface area (Å²) in [5.41, 5.74) is 1.13. The number of nitrogens with one attached hydrogen (secondary N) is 1. The molecule has 0 aliphatic heterocycles. The van der Waals surface area contributed by atoms with Crippen molar-refractivity contribution in [3.8, 4) is 0 Å². The van der Waals surface area contributed by atoms with Gasteiger partial charge in [-0.2, -0.15) is 5.11 Å². The molecular weight excluding hydrogens is 298 g/mol. The maximum absolute atomic E-state index is 13.4. The first-order valence-electron chi connectivity index (χ1n) is 7.40. The third kappa shape index (κ3) is 5.41. The average molecular weight is 318 g/mol. The number of hydrogen-bond acceptors (Lipinski definition) is 4. The van der Waals surface area contributed by atoms with Crippen LogP contribution in [0, 0.1) is 11.6 Å². The summed E-state index contributed by atoms with van der Waals surface area (Å²) in [5.74, 6) is -1.46. The highest BCUT2D eigenvalue weighted by Gasteiger charge is 2.06. The van der Waals surface area contributed by atoms with Crippen molar-refractivity contribution in [2.24, 2.45) is 10.2 Å². The molecule has 2 aromatic carbocycles. The van der Waals surface area contributed by atoms with Crippen LogP contribution in [0.3, 0.4) is 0 Å². The molecule has 0 atom stereocenters. The third-order valence-electron chi connectivity index (χ3n) is 3.18. The maximum atomic E-state index is 13.4. The zero-order valence-electron chi connectivity index (χ0n) is 13.3. The van der Waals surface area contributed by atoms with Crippen LogP contribution in [0.5, 0.6) is 0 Å². The van der Waals surface area contributed by atoms with Crippen molar-refractivity contribution in [2.75, 3.05) is 32.5 Å². The molecule has 0 saturated heterocycles. The van der Waals surface area contributed by atoms with Gasteiger partial charge in [-0.25, -0.2) is 8.78 Å². The summed E-state index contributed by atoms with van der Waals surface area (Å²) in [7, 11) is 4.08. The SMILES string of the molecule is CN(C)CCCNc1ccc(N=Nc2c(F)cccc2F)cc1. The summed E-state index contributed by atoms with van der Waals surface area (Å²) in [6.07, 6.45) is 1.04. The number of nitrogens with zero attached hydrogens (tertiary/aromatic N) is 3. The molecule has 0 aromatic heterocycles. The molecule has 4 nitrogen and oxygen atoms in total. The van der Waals surface area contributed by atoms with Gasteiger partial charge in [-0.05, 0) is 63.5 Å². The Morgan fingerprint density at radius 1 is 0.957 bits per heavy atom. The highest BCUT2D eigenvalue weighted by atomic mass is 19.1. The fourth-order valence-electron chi connectivity index (χ4n) is 1.97. The predicted octanol–water partition coefficient (Wildman–Crippen LogP) is 4.74. The standard InChI is InChI=1S/C17H20F2N4/c1-23(2)12-4-11-20-13-7-9-14(10-8-13)21-22-17-15(18)5-3-6-16(17)19/h3,5-10,20H,4,11-12H2,1-2H3. The van der Waals surface area contributed by atoms with E-state index in [2.05, 4.69) is 20.4 Å². The van der Waals surface area contributed by atoms with Crippen LogP contribution >= 0.6 is 0 Å². The number of halogens is 2. The first-order valence-corrected chi connectivity index (χ1v) is 7.40. The van der Waals surface area contributed by atoms with E-state index in [-0.39, 0.29) is 5.69 Å². The molecule has 0 radical (unpaired) electrons. The molecule has 0 saturated carbocycles. The van der Waals surface area contributed by atoms with Gasteiger partial charge >= 0.3 is 0 Å². The largest absolute Gasteiger partial charge is 0.385 e. The molecule has 2 rings (SSSR count). The minimum absolute atomic E-state index is 0.376. The second-order valence-corrected chi connectivity index (χ2v) is 5.40. The van der Waals surface area contributed by atoms with Crippen molar-refractivity contribution >= 4 is 17.1 Å². The lowest BCUT2D eigenvalue weighted by atomic mass is 10.3. The van der Waals surface area contributed by atoms with Crippen molar-refractivity contribution in [3.05, 3.63) is 54.1 Å². The van der Waals surface area contributed by atoms with Crippen LogP contribution in [-0.4, -0.2) is 32.1 Å². The van der Waals surface area contributed by atoms with E-state index in [9.17, 15) is 8.78 Å². The Balaban J connectivity index is 1.93. The van der Waals surface area contributed by atoms with Crippen molar-refractivity contribution < 1.29 is 8.78 Å². The first-order chi connectivity index (χ1) is 11.1. The summed E-state index contributed by atoms with van der Waals surface area (Å²) in [4.78, 5) is 2.13. The lowest BCUT2D eigenvalue weighted by molar-refractivity contribution is 0.405. The molecule has 0 aliphatic carbocycles. The molecule has 122 valence electrons. The molecule has 0 amide bonds. The van der Waals surface area contributed by atoms with Gasteiger partial charge in [0.05, 0.1) is 5.69 Å². The van der Waals surface area contributed by atoms with Gasteiger partial charge in [0.25, 0.3) is 0 Å². The summed E-state index contributed by atoms with van der Waals surface area (Å²) < 4.78 is 26.9. The number of rotatable bonds is 7. The van der Waals surface area contributed by atoms with E-state index in [1.54, 1.807) is 12.1 Å². The lowest BCUT2D eigenvalue weighted by Crippen LogP contribution is -2.16. The molecule has 2 aromatic rings. The fourth-order valence-corrected chi connectivity index (χ4v) is 1.97. The molecule has 1 N–H and O–H groups in total. The van der Waals surface area contributed by atoms with E-state index in [0.717, 1.165) is 37.3 Å². The number of anilines is 1. The van der Waals surface area contributed by atoms with E-state index in [1.807, 2.05) is 26.2 Å². The van der Waals surface area contributed by atoms with Crippen LogP contribution < -0.4 is 5.32 Å². The topological polar surface area (TPSA) is 40.0 Å². The Morgan fingerprint density at radius 3 is 2.22 bits per heavy atom. The van der Waals surface area contributed by atoms with Crippen LogP contribution in [0.4, 0.5) is 25.8 Å². The van der Waals surface area contributed by atoms with E-state index in [4.69, 9.17) is 0 Å². The number of hydrogen-bond donors (Lipinski definition) is 1. The smallest absolute Gasteiger partial charge is 0.157 e. The molecule has 23 heavy (non-hydrogen) atoms. The van der Waals surface area contributed by atoms with Gasteiger partial charge in [0.1, 0.15) is 0 Å². The lowest BCUT2D eigenvalue weighted by Gasteiger charge is -2.10. The highest BCUT2D eigenvalue weighted by molar-refractivity contribution is 5.51. The van der Waals surface area contributed by atoms with Gasteiger partial charge < -0.3 is 10.2 Å². The van der Waals surface area contributed by atoms with Gasteiger partial charge in [0.2, 0.25) is 0 Å². The Morgan fingerprint density at radius 2 is 1.61 bits per heavy atom. The molecule has 0 unspecified atom stereocenters. The van der Waals surface area contributed by atoms with Crippen molar-refractivity contribution in [1.82, 2.24) is 4.90 Å². The van der Waals surface area contributed by atoms with Crippen molar-refractivity contribution in [3.63, 3.8) is 0 Å². The Hall–Kier alpha value is -2.34. The predicted molar refractivity (Wildman–Crippen MR) is 88.6 cm³/mol. The normalized spacial score (nSPS) is 11.3. The van der Waals surface area contributed by atoms with Gasteiger partial charge in [-0.1, -0.05) is 6.07 Å². The molecule has 6 heteroatoms. The molecule has 0 fully saturated rings. The van der Waals surface area contributed by atoms with E-state index < -0.39 is 11.6 Å². The summed E-state index contributed by atoms with van der Waals surface area (Å²) in [6, 6.07) is 10.8. The minimum atomic E-state index is -0.729. The first kappa shape index (κ1) is 17.0. The van der Waals surface area contributed by atoms with Crippen LogP contribution in [0.15, 0.2) is 52.7 Å². The van der Waals surface area contributed by atoms with E-state index in [0.29, 0.717) is 5.69 Å². The van der Waals surface area contributed by atoms with Gasteiger partial charge in [-0.15, -0.1) is 5.11 Å². The second-order valence-electron chi connectivity index (χ2n) is 5.40. The fraction of sp³-hybridized carbons (Fsp3) is 0.294. The van der Waals surface area contributed by atoms with Gasteiger partial charge in [0.15, 0.2) is 17.3 Å². The van der Waals surface area contributed by atoms with E-state index >= 15 is 0 Å². The zero-order chi connectivity index (χ0) is 16.7. The Kier molecular flexibility index (Phi) is 6.17. The Bertz CT molecular complexity index is 634. The maximum Gasteiger partial charge on any atom is 0.157 e. The van der Waals surface area contributed by atoms with Crippen molar-refractivity contribution in [2.45, 2.75) is 6.42 Å². The summed E-state index contributed by atoms with van der Waals surface area (Å²) in [5, 5.41) is 10.8. The quantitative estimate of drug-likeness (QED) is 0.591. The van der Waals surface area contributed by atoms with Crippen LogP contribution in [0.25, 0.3) is 0 Å². The summed E-state index contributed by atoms with van der Waals surface area (Å²) in [6.45, 7) is 1.90. The van der Waals surface area contributed by atoms with Crippen LogP contribution in [0.2, 0.25) is 0 Å². The molecule has 0 bridgehead atoms. The molecule has 0 spiro atoms. The molecule has 0 aliphatic rings. The van der Waals surface area contributed by atoms with Crippen LogP contribution in [0.1, 0.15) is 6.42 Å². The van der Waals surface area contributed by atoms with Gasteiger partial charge in [-0.3, -0.25) is 0 Å². The minimum Gasteiger partial charge on any atom is -0.385 e. The van der Waals surface area contributed by atoms with E-state index in [1.165, 1.54) is 6.07 Å². The zero-order valence-corrected chi connectivity index (χ0v) is 13.3. The number of benzene rings is 2. The third-order valence-corrected chi connectivity index (χ3v) is 3.18. The van der Waals surface area contributed by atoms with Gasteiger partial charge in [0, 0.05) is 12.2 Å². The van der Waals surface area contributed by atoms with Crippen molar-refractivity contribution in [1.29, 1.82) is 0 Å². The molecule has 0 heterocycles. The number of azo groups is 1. The summed E-state index contributed by atoms with van der Waals surface area (Å²) >= 11 is 0. The Labute approximate surface area is 134 Å². The second kappa shape index (κ2) is 8.33. The van der Waals surface area contributed by atoms with Crippen LogP contribution in [-0.2, 0) is 0 Å².